The fraction of sp³-hybridized carbons (Fsp3) is 0.944. The first-order valence-electron chi connectivity index (χ1n) is 9.53. The summed E-state index contributed by atoms with van der Waals surface area (Å²) in [7, 11) is 1.89. The van der Waals surface area contributed by atoms with Gasteiger partial charge in [-0.05, 0) is 13.5 Å². The molecular formula is C18H42N2O6. The van der Waals surface area contributed by atoms with Crippen molar-refractivity contribution in [2.75, 3.05) is 86.2 Å². The van der Waals surface area contributed by atoms with E-state index in [2.05, 4.69) is 10.6 Å². The molecule has 0 aliphatic heterocycles. The molecular weight excluding hydrogens is 340 g/mol. The lowest BCUT2D eigenvalue weighted by Gasteiger charge is -2.10. The van der Waals surface area contributed by atoms with Gasteiger partial charge in [0.2, 0.25) is 5.91 Å². The Balaban J connectivity index is -0.00000312. The third-order valence-electron chi connectivity index (χ3n) is 3.59. The van der Waals surface area contributed by atoms with Gasteiger partial charge in [-0.3, -0.25) is 4.79 Å². The third-order valence-corrected chi connectivity index (χ3v) is 3.59. The minimum Gasteiger partial charge on any atom is -0.378 e. The van der Waals surface area contributed by atoms with Crippen LogP contribution >= 0.6 is 0 Å². The van der Waals surface area contributed by atoms with Crippen molar-refractivity contribution >= 4 is 5.91 Å². The maximum atomic E-state index is 11.5. The summed E-state index contributed by atoms with van der Waals surface area (Å²) in [5.74, 6) is 0.134. The Kier molecular flexibility index (Phi) is 19.9. The molecule has 2 N–H and O–H groups in total. The molecule has 0 aliphatic rings. The SMILES string of the molecule is CCC(C)C(=O)NCCOCCOCCOCCOCCOCCNC.[HH].[HH]. The number of hydrogen-bond acceptors (Lipinski definition) is 7. The summed E-state index contributed by atoms with van der Waals surface area (Å²) in [5, 5.41) is 5.85. The van der Waals surface area contributed by atoms with Crippen LogP contribution in [0.3, 0.4) is 0 Å². The first-order chi connectivity index (χ1) is 12.7. The number of rotatable bonds is 20. The largest absolute Gasteiger partial charge is 0.378 e. The molecule has 0 aromatic carbocycles. The van der Waals surface area contributed by atoms with Crippen molar-refractivity contribution in [1.29, 1.82) is 0 Å². The van der Waals surface area contributed by atoms with E-state index in [0.29, 0.717) is 72.6 Å². The zero-order valence-corrected chi connectivity index (χ0v) is 16.7. The summed E-state index contributed by atoms with van der Waals surface area (Å²) >= 11 is 0. The molecule has 26 heavy (non-hydrogen) atoms. The van der Waals surface area contributed by atoms with Crippen LogP contribution in [-0.4, -0.2) is 92.1 Å². The number of carbonyl (C=O) groups is 1. The lowest BCUT2D eigenvalue weighted by atomic mass is 10.1. The molecule has 0 bridgehead atoms. The number of carbonyl (C=O) groups excluding carboxylic acids is 1. The van der Waals surface area contributed by atoms with Crippen molar-refractivity contribution in [3.05, 3.63) is 0 Å². The van der Waals surface area contributed by atoms with Crippen LogP contribution in [0.1, 0.15) is 23.1 Å². The zero-order chi connectivity index (χ0) is 19.3. The zero-order valence-electron chi connectivity index (χ0n) is 16.7. The summed E-state index contributed by atoms with van der Waals surface area (Å²) in [6.45, 7) is 10.9. The normalized spacial score (nSPS) is 12.3. The molecule has 0 aromatic heterocycles. The maximum Gasteiger partial charge on any atom is 0.222 e. The minimum atomic E-state index is 0. The van der Waals surface area contributed by atoms with Gasteiger partial charge in [0.25, 0.3) is 0 Å². The van der Waals surface area contributed by atoms with E-state index in [9.17, 15) is 4.79 Å². The molecule has 0 heterocycles. The van der Waals surface area contributed by atoms with Gasteiger partial charge in [-0.1, -0.05) is 13.8 Å². The van der Waals surface area contributed by atoms with Gasteiger partial charge in [0.15, 0.2) is 0 Å². The Hall–Kier alpha value is -0.770. The van der Waals surface area contributed by atoms with Gasteiger partial charge in [0.1, 0.15) is 0 Å². The predicted molar refractivity (Wildman–Crippen MR) is 105 cm³/mol. The van der Waals surface area contributed by atoms with Gasteiger partial charge in [0.05, 0.1) is 66.1 Å². The summed E-state index contributed by atoms with van der Waals surface area (Å²) in [6.07, 6.45) is 0.847. The van der Waals surface area contributed by atoms with Crippen molar-refractivity contribution in [1.82, 2.24) is 10.6 Å². The van der Waals surface area contributed by atoms with Gasteiger partial charge in [-0.2, -0.15) is 0 Å². The average Bonchev–Trinajstić information content (AvgIpc) is 2.66. The van der Waals surface area contributed by atoms with Crippen molar-refractivity contribution in [2.45, 2.75) is 20.3 Å². The molecule has 160 valence electrons. The van der Waals surface area contributed by atoms with Crippen LogP contribution in [0.25, 0.3) is 0 Å². The topological polar surface area (TPSA) is 87.3 Å². The fourth-order valence-electron chi connectivity index (χ4n) is 1.76. The monoisotopic (exact) mass is 382 g/mol. The highest BCUT2D eigenvalue weighted by atomic mass is 16.6. The lowest BCUT2D eigenvalue weighted by Crippen LogP contribution is -2.31. The van der Waals surface area contributed by atoms with Gasteiger partial charge < -0.3 is 34.3 Å². The second-order valence-corrected chi connectivity index (χ2v) is 5.77. The van der Waals surface area contributed by atoms with E-state index in [-0.39, 0.29) is 14.7 Å². The standard InChI is InChI=1S/C18H38N2O6.2H2/c1-4-17(2)18(21)20-6-8-23-10-12-25-14-16-26-15-13-24-11-9-22-7-5-19-3;;/h17,19H,4-16H2,1-3H3,(H,20,21);2*1H. The molecule has 0 spiro atoms. The van der Waals surface area contributed by atoms with Crippen LogP contribution in [0, 0.1) is 5.92 Å². The molecule has 0 aliphatic carbocycles. The summed E-state index contributed by atoms with van der Waals surface area (Å²) in [4.78, 5) is 11.5. The molecule has 8 heteroatoms. The highest BCUT2D eigenvalue weighted by Crippen LogP contribution is 1.98. The second-order valence-electron chi connectivity index (χ2n) is 5.77. The van der Waals surface area contributed by atoms with E-state index in [4.69, 9.17) is 23.7 Å². The van der Waals surface area contributed by atoms with Crippen LogP contribution < -0.4 is 10.6 Å². The van der Waals surface area contributed by atoms with Crippen molar-refractivity contribution in [3.8, 4) is 0 Å². The third kappa shape index (κ3) is 18.0. The summed E-state index contributed by atoms with van der Waals surface area (Å²) in [6, 6.07) is 0. The van der Waals surface area contributed by atoms with Crippen LogP contribution in [0.4, 0.5) is 0 Å². The molecule has 1 amide bonds. The number of hydrogen-bond donors (Lipinski definition) is 2. The van der Waals surface area contributed by atoms with E-state index in [1.54, 1.807) is 0 Å². The minimum absolute atomic E-state index is 0. The Morgan fingerprint density at radius 2 is 1.15 bits per heavy atom. The second kappa shape index (κ2) is 20.5. The van der Waals surface area contributed by atoms with E-state index in [1.165, 1.54) is 0 Å². The van der Waals surface area contributed by atoms with Crippen molar-refractivity contribution in [2.24, 2.45) is 5.92 Å². The van der Waals surface area contributed by atoms with E-state index in [0.717, 1.165) is 13.0 Å². The van der Waals surface area contributed by atoms with Crippen LogP contribution in [0.2, 0.25) is 0 Å². The molecule has 0 rings (SSSR count). The molecule has 1 atom stereocenters. The predicted octanol–water partition coefficient (Wildman–Crippen LogP) is 0.943. The summed E-state index contributed by atoms with van der Waals surface area (Å²) in [5.41, 5.74) is 0. The van der Waals surface area contributed by atoms with Gasteiger partial charge in [0, 0.05) is 21.9 Å². The molecule has 0 aromatic rings. The van der Waals surface area contributed by atoms with E-state index in [1.807, 2.05) is 20.9 Å². The number of nitrogens with one attached hydrogen (secondary N) is 2. The summed E-state index contributed by atoms with van der Waals surface area (Å²) < 4.78 is 26.9. The Morgan fingerprint density at radius 3 is 1.54 bits per heavy atom. The van der Waals surface area contributed by atoms with Gasteiger partial charge >= 0.3 is 0 Å². The molecule has 0 saturated carbocycles. The van der Waals surface area contributed by atoms with Crippen LogP contribution in [-0.2, 0) is 28.5 Å². The quantitative estimate of drug-likeness (QED) is 0.303. The highest BCUT2D eigenvalue weighted by molar-refractivity contribution is 5.78. The van der Waals surface area contributed by atoms with Gasteiger partial charge in [-0.25, -0.2) is 0 Å². The van der Waals surface area contributed by atoms with Gasteiger partial charge in [-0.15, -0.1) is 0 Å². The average molecular weight is 383 g/mol. The maximum absolute atomic E-state index is 11.5. The number of likely N-dealkylation sites (N-methyl/N-ethyl adjacent to an activating group) is 1. The van der Waals surface area contributed by atoms with E-state index >= 15 is 0 Å². The first kappa shape index (κ1) is 25.2. The van der Waals surface area contributed by atoms with E-state index < -0.39 is 0 Å². The smallest absolute Gasteiger partial charge is 0.222 e. The number of amides is 1. The lowest BCUT2D eigenvalue weighted by molar-refractivity contribution is -0.124. The molecule has 1 unspecified atom stereocenters. The molecule has 0 saturated heterocycles. The Morgan fingerprint density at radius 1 is 0.769 bits per heavy atom. The Labute approximate surface area is 161 Å². The van der Waals surface area contributed by atoms with Crippen molar-refractivity contribution in [3.63, 3.8) is 0 Å². The van der Waals surface area contributed by atoms with Crippen molar-refractivity contribution < 1.29 is 31.3 Å². The molecule has 0 fully saturated rings. The van der Waals surface area contributed by atoms with Crippen LogP contribution in [0.5, 0.6) is 0 Å². The number of ether oxygens (including phenoxy) is 5. The highest BCUT2D eigenvalue weighted by Gasteiger charge is 2.08. The fourth-order valence-corrected chi connectivity index (χ4v) is 1.76. The Bertz CT molecular complexity index is 318. The first-order valence-corrected chi connectivity index (χ1v) is 9.53. The van der Waals surface area contributed by atoms with Crippen LogP contribution in [0.15, 0.2) is 0 Å². The molecule has 8 nitrogen and oxygen atoms in total. The molecule has 0 radical (unpaired) electrons.